The summed E-state index contributed by atoms with van der Waals surface area (Å²) < 4.78 is 0. The molecule has 0 atom stereocenters. The molecule has 0 aromatic rings. The molecule has 0 aliphatic rings. The number of hydrogen-bond donors (Lipinski definition) is 1. The Hall–Kier alpha value is -0.108. The average Bonchev–Trinajstić information content (AvgIpc) is 2.41. The molecule has 0 aliphatic carbocycles. The molecule has 0 fully saturated rings. The van der Waals surface area contributed by atoms with Gasteiger partial charge in [-0.1, -0.05) is 32.8 Å². The molecular formula is C18H35NO3U. The minimum Gasteiger partial charge on any atom is -0.542 e. The number of carbonyl (C=O) groups excluding carboxylic acids is 1. The van der Waals surface area contributed by atoms with E-state index in [2.05, 4.69) is 39.5 Å². The molecule has 134 valence electrons. The van der Waals surface area contributed by atoms with E-state index in [1.54, 1.807) is 6.08 Å². The van der Waals surface area contributed by atoms with Gasteiger partial charge in [0.2, 0.25) is 0 Å². The van der Waals surface area contributed by atoms with Gasteiger partial charge in [0.05, 0.1) is 0 Å². The summed E-state index contributed by atoms with van der Waals surface area (Å²) in [7, 11) is 0. The molecule has 5 heteroatoms. The van der Waals surface area contributed by atoms with Crippen LogP contribution in [0.2, 0.25) is 0 Å². The van der Waals surface area contributed by atoms with Gasteiger partial charge >= 0.3 is 37.1 Å². The summed E-state index contributed by atoms with van der Waals surface area (Å²) in [5, 5.41) is 8.47. The molecule has 0 spiro atoms. The van der Waals surface area contributed by atoms with E-state index >= 15 is 0 Å². The van der Waals surface area contributed by atoms with Crippen molar-refractivity contribution in [1.82, 2.24) is 4.90 Å². The Morgan fingerprint density at radius 2 is 1.48 bits per heavy atom. The van der Waals surface area contributed by atoms with Crippen molar-refractivity contribution in [3.63, 3.8) is 0 Å². The maximum Gasteiger partial charge on any atom is 2.00 e. The topological polar surface area (TPSA) is 57.6 Å². The van der Waals surface area contributed by atoms with Gasteiger partial charge in [0.25, 0.3) is 0 Å². The SMILES string of the molecule is CCCCN(C/C=C/C(=O)O)CCCC.C[C-](C)C.C[C-]=O.[U+2]. The predicted molar refractivity (Wildman–Crippen MR) is 94.7 cm³/mol. The van der Waals surface area contributed by atoms with E-state index in [4.69, 9.17) is 9.90 Å². The molecule has 0 aliphatic heterocycles. The molecule has 23 heavy (non-hydrogen) atoms. The summed E-state index contributed by atoms with van der Waals surface area (Å²) in [4.78, 5) is 21.3. The van der Waals surface area contributed by atoms with Crippen LogP contribution in [0.5, 0.6) is 0 Å². The third-order valence-electron chi connectivity index (χ3n) is 2.28. The van der Waals surface area contributed by atoms with Gasteiger partial charge in [-0.15, -0.1) is 0 Å². The van der Waals surface area contributed by atoms with Crippen LogP contribution in [-0.4, -0.2) is 41.9 Å². The maximum absolute atomic E-state index is 10.3. The quantitative estimate of drug-likeness (QED) is 0.344. The number of rotatable bonds is 9. The second kappa shape index (κ2) is 26.8. The molecule has 0 heterocycles. The molecule has 0 saturated carbocycles. The van der Waals surface area contributed by atoms with Gasteiger partial charge in [-0.3, -0.25) is 11.2 Å². The van der Waals surface area contributed by atoms with Crippen molar-refractivity contribution in [1.29, 1.82) is 0 Å². The minimum atomic E-state index is -0.860. The van der Waals surface area contributed by atoms with Gasteiger partial charge < -0.3 is 15.8 Å². The molecule has 0 radical (unpaired) electrons. The number of aliphatic carboxylic acids is 1. The molecule has 0 amide bonds. The molecule has 0 unspecified atom stereocenters. The summed E-state index contributed by atoms with van der Waals surface area (Å²) >= 11 is 0. The Bertz CT molecular complexity index is 258. The number of carboxylic acid groups (broad SMARTS) is 1. The van der Waals surface area contributed by atoms with Crippen molar-refractivity contribution >= 4 is 12.3 Å². The van der Waals surface area contributed by atoms with E-state index in [0.717, 1.165) is 19.6 Å². The van der Waals surface area contributed by atoms with Crippen LogP contribution < -0.4 is 0 Å². The number of carbonyl (C=O) groups is 1. The van der Waals surface area contributed by atoms with Gasteiger partial charge in [0.1, 0.15) is 0 Å². The minimum absolute atomic E-state index is 0. The second-order valence-corrected chi connectivity index (χ2v) is 5.45. The number of unbranched alkanes of at least 4 members (excludes halogenated alkanes) is 2. The number of hydrogen-bond acceptors (Lipinski definition) is 3. The Morgan fingerprint density at radius 3 is 1.74 bits per heavy atom. The van der Waals surface area contributed by atoms with E-state index < -0.39 is 5.97 Å². The van der Waals surface area contributed by atoms with Gasteiger partial charge in [0.15, 0.2) is 0 Å². The van der Waals surface area contributed by atoms with Crippen molar-refractivity contribution in [2.45, 2.75) is 67.2 Å². The molecule has 1 N–H and O–H groups in total. The van der Waals surface area contributed by atoms with Gasteiger partial charge in [0, 0.05) is 12.6 Å². The zero-order chi connectivity index (χ0) is 17.8. The van der Waals surface area contributed by atoms with Gasteiger partial charge in [-0.2, -0.15) is 27.7 Å². The molecule has 0 aromatic carbocycles. The number of carboxylic acids is 1. The first-order chi connectivity index (χ1) is 10.3. The first kappa shape index (κ1) is 30.7. The number of nitrogens with zero attached hydrogens (tertiary/aromatic N) is 1. The standard InChI is InChI=1S/C12H23NO2.C4H9.C2H3O.U/c1-3-5-9-13(10-6-4-2)11-7-8-12(14)15;1-4(2)3;1-2-3;/h7-8H,3-6,9-11H2,1-2H3,(H,14,15);1-3H3;1H3;/q;2*-1;+2/b8-7+;;;. The molecular weight excluding hydrogens is 516 g/mol. The van der Waals surface area contributed by atoms with Crippen LogP contribution in [-0.2, 0) is 9.59 Å². The fourth-order valence-electron chi connectivity index (χ4n) is 1.36. The fourth-order valence-corrected chi connectivity index (χ4v) is 1.36. The summed E-state index contributed by atoms with van der Waals surface area (Å²) in [5.41, 5.74) is 0. The average molecular weight is 552 g/mol. The monoisotopic (exact) mass is 551 g/mol. The van der Waals surface area contributed by atoms with Gasteiger partial charge in [-0.25, -0.2) is 4.79 Å². The van der Waals surface area contributed by atoms with Crippen molar-refractivity contribution in [2.75, 3.05) is 19.6 Å². The Balaban J connectivity index is -0.000000191. The molecule has 4 nitrogen and oxygen atoms in total. The molecule has 0 rings (SSSR count). The smallest absolute Gasteiger partial charge is 0.542 e. The molecule has 0 saturated heterocycles. The largest absolute Gasteiger partial charge is 2.00 e. The van der Waals surface area contributed by atoms with Crippen molar-refractivity contribution in [3.8, 4) is 0 Å². The van der Waals surface area contributed by atoms with E-state index in [0.29, 0.717) is 0 Å². The van der Waals surface area contributed by atoms with E-state index in [-0.39, 0.29) is 31.1 Å². The fraction of sp³-hybridized carbons (Fsp3) is 0.722. The van der Waals surface area contributed by atoms with Crippen molar-refractivity contribution in [2.24, 2.45) is 0 Å². The zero-order valence-electron chi connectivity index (χ0n) is 15.8. The first-order valence-electron chi connectivity index (χ1n) is 8.03. The summed E-state index contributed by atoms with van der Waals surface area (Å²) in [6.45, 7) is 14.8. The maximum atomic E-state index is 10.3. The normalized spacial score (nSPS) is 9.57. The van der Waals surface area contributed by atoms with E-state index in [9.17, 15) is 4.79 Å². The predicted octanol–water partition coefficient (Wildman–Crippen LogP) is 4.27. The summed E-state index contributed by atoms with van der Waals surface area (Å²) in [6.07, 6.45) is 9.20. The third-order valence-corrected chi connectivity index (χ3v) is 2.28. The van der Waals surface area contributed by atoms with Crippen LogP contribution in [0.4, 0.5) is 0 Å². The van der Waals surface area contributed by atoms with Gasteiger partial charge in [-0.05, 0) is 25.9 Å². The Morgan fingerprint density at radius 1 is 1.13 bits per heavy atom. The molecule has 0 bridgehead atoms. The van der Waals surface area contributed by atoms with Crippen LogP contribution in [0, 0.1) is 37.0 Å². The Kier molecular flexibility index (Phi) is 35.8. The first-order valence-corrected chi connectivity index (χ1v) is 8.03. The third kappa shape index (κ3) is 44.9. The Labute approximate surface area is 167 Å². The van der Waals surface area contributed by atoms with Crippen LogP contribution in [0.3, 0.4) is 0 Å². The second-order valence-electron chi connectivity index (χ2n) is 5.45. The van der Waals surface area contributed by atoms with Crippen LogP contribution in [0.1, 0.15) is 67.2 Å². The molecule has 0 aromatic heterocycles. The van der Waals surface area contributed by atoms with E-state index in [1.807, 2.05) is 0 Å². The van der Waals surface area contributed by atoms with E-state index in [1.165, 1.54) is 50.9 Å². The van der Waals surface area contributed by atoms with Crippen LogP contribution in [0.15, 0.2) is 12.2 Å². The summed E-state index contributed by atoms with van der Waals surface area (Å²) in [6, 6.07) is 0. The van der Waals surface area contributed by atoms with Crippen molar-refractivity contribution in [3.05, 3.63) is 18.1 Å². The van der Waals surface area contributed by atoms with Crippen LogP contribution in [0.25, 0.3) is 0 Å². The zero-order valence-corrected chi connectivity index (χ0v) is 20.0. The van der Waals surface area contributed by atoms with Crippen LogP contribution >= 0.6 is 0 Å². The summed E-state index contributed by atoms with van der Waals surface area (Å²) in [5.74, 6) is 0.556. The van der Waals surface area contributed by atoms with Crippen molar-refractivity contribution < 1.29 is 45.8 Å².